The third-order valence-corrected chi connectivity index (χ3v) is 9.03. The van der Waals surface area contributed by atoms with E-state index in [0.717, 1.165) is 15.4 Å². The molecule has 5 rings (SSSR count). The fourth-order valence-corrected chi connectivity index (χ4v) is 6.49. The van der Waals surface area contributed by atoms with Crippen molar-refractivity contribution in [3.05, 3.63) is 120 Å². The molecule has 0 fully saturated rings. The van der Waals surface area contributed by atoms with Crippen LogP contribution in [0.15, 0.2) is 114 Å². The SMILES string of the molecule is CCNC(=O)C(Cc1ccccc1)N(Cc1ccccc1)C(=O)CN(c1ccc2c(c1)OCCO2)S(=O)(=O)c1ccccc1. The van der Waals surface area contributed by atoms with Crippen molar-refractivity contribution in [3.63, 3.8) is 0 Å². The largest absolute Gasteiger partial charge is 0.486 e. The van der Waals surface area contributed by atoms with E-state index in [0.29, 0.717) is 31.3 Å². The summed E-state index contributed by atoms with van der Waals surface area (Å²) in [5, 5.41) is 2.87. The zero-order valence-corrected chi connectivity index (χ0v) is 25.3. The molecule has 1 N–H and O–H groups in total. The van der Waals surface area contributed by atoms with E-state index in [1.807, 2.05) is 67.6 Å². The first-order valence-electron chi connectivity index (χ1n) is 14.5. The molecule has 1 aliphatic heterocycles. The van der Waals surface area contributed by atoms with Crippen molar-refractivity contribution in [2.75, 3.05) is 30.6 Å². The zero-order chi connectivity index (χ0) is 30.9. The highest BCUT2D eigenvalue weighted by Crippen LogP contribution is 2.36. The molecule has 1 unspecified atom stereocenters. The number of ether oxygens (including phenoxy) is 2. The first kappa shape index (κ1) is 30.6. The number of sulfonamides is 1. The number of hydrogen-bond donors (Lipinski definition) is 1. The lowest BCUT2D eigenvalue weighted by Crippen LogP contribution is -2.53. The van der Waals surface area contributed by atoms with Gasteiger partial charge in [-0.05, 0) is 42.3 Å². The maximum atomic E-state index is 14.4. The van der Waals surface area contributed by atoms with E-state index in [1.54, 1.807) is 36.4 Å². The topological polar surface area (TPSA) is 105 Å². The van der Waals surface area contributed by atoms with Crippen molar-refractivity contribution in [1.29, 1.82) is 0 Å². The lowest BCUT2D eigenvalue weighted by molar-refractivity contribution is -0.140. The number of hydrogen-bond acceptors (Lipinski definition) is 6. The molecule has 1 heterocycles. The second-order valence-corrected chi connectivity index (χ2v) is 12.1. The summed E-state index contributed by atoms with van der Waals surface area (Å²) in [6.45, 7) is 2.45. The van der Waals surface area contributed by atoms with E-state index in [1.165, 1.54) is 17.0 Å². The fraction of sp³-hybridized carbons (Fsp3) is 0.235. The van der Waals surface area contributed by atoms with Crippen LogP contribution in [0.3, 0.4) is 0 Å². The van der Waals surface area contributed by atoms with Gasteiger partial charge in [-0.25, -0.2) is 8.42 Å². The molecule has 0 bridgehead atoms. The molecule has 9 nitrogen and oxygen atoms in total. The van der Waals surface area contributed by atoms with Gasteiger partial charge < -0.3 is 19.7 Å². The Morgan fingerprint density at radius 1 is 0.795 bits per heavy atom. The number of amides is 2. The van der Waals surface area contributed by atoms with Gasteiger partial charge in [0, 0.05) is 25.6 Å². The third kappa shape index (κ3) is 7.20. The van der Waals surface area contributed by atoms with Gasteiger partial charge in [-0.3, -0.25) is 13.9 Å². The van der Waals surface area contributed by atoms with Crippen LogP contribution in [0, 0.1) is 0 Å². The van der Waals surface area contributed by atoms with Gasteiger partial charge in [-0.1, -0.05) is 78.9 Å². The predicted molar refractivity (Wildman–Crippen MR) is 168 cm³/mol. The number of carbonyl (C=O) groups is 2. The summed E-state index contributed by atoms with van der Waals surface area (Å²) in [7, 11) is -4.21. The molecular formula is C34H35N3O6S. The van der Waals surface area contributed by atoms with Crippen LogP contribution in [0.2, 0.25) is 0 Å². The van der Waals surface area contributed by atoms with Gasteiger partial charge in [0.2, 0.25) is 11.8 Å². The molecule has 0 radical (unpaired) electrons. The molecule has 0 aliphatic carbocycles. The maximum absolute atomic E-state index is 14.4. The monoisotopic (exact) mass is 613 g/mol. The Morgan fingerprint density at radius 2 is 1.39 bits per heavy atom. The Hall–Kier alpha value is -4.83. The van der Waals surface area contributed by atoms with Gasteiger partial charge in [0.1, 0.15) is 25.8 Å². The van der Waals surface area contributed by atoms with Crippen LogP contribution in [0.1, 0.15) is 18.1 Å². The summed E-state index contributed by atoms with van der Waals surface area (Å²) < 4.78 is 40.7. The van der Waals surface area contributed by atoms with Crippen molar-refractivity contribution < 1.29 is 27.5 Å². The molecule has 0 aromatic heterocycles. The standard InChI is InChI=1S/C34H35N3O6S/c1-2-35-34(39)30(22-26-12-6-3-7-13-26)36(24-27-14-8-4-9-15-27)33(38)25-37(44(40,41)29-16-10-5-11-17-29)28-18-19-31-32(23-28)43-21-20-42-31/h3-19,23,30H,2,20-22,24-25H2,1H3,(H,35,39). The zero-order valence-electron chi connectivity index (χ0n) is 24.5. The predicted octanol–water partition coefficient (Wildman–Crippen LogP) is 4.43. The first-order chi connectivity index (χ1) is 21.4. The van der Waals surface area contributed by atoms with Crippen LogP contribution in [0.25, 0.3) is 0 Å². The molecule has 1 aliphatic rings. The molecule has 2 amide bonds. The van der Waals surface area contributed by atoms with Gasteiger partial charge >= 0.3 is 0 Å². The Kier molecular flexibility index (Phi) is 9.81. The number of carbonyl (C=O) groups excluding carboxylic acids is 2. The lowest BCUT2D eigenvalue weighted by Gasteiger charge is -2.34. The minimum atomic E-state index is -4.21. The molecule has 44 heavy (non-hydrogen) atoms. The van der Waals surface area contributed by atoms with E-state index >= 15 is 0 Å². The highest BCUT2D eigenvalue weighted by atomic mass is 32.2. The Morgan fingerprint density at radius 3 is 2.02 bits per heavy atom. The van der Waals surface area contributed by atoms with Crippen molar-refractivity contribution in [2.45, 2.75) is 30.8 Å². The van der Waals surface area contributed by atoms with Crippen LogP contribution < -0.4 is 19.1 Å². The van der Waals surface area contributed by atoms with Crippen LogP contribution >= 0.6 is 0 Å². The number of rotatable bonds is 12. The molecule has 4 aromatic rings. The average molecular weight is 614 g/mol. The smallest absolute Gasteiger partial charge is 0.264 e. The minimum absolute atomic E-state index is 0.0295. The molecule has 0 spiro atoms. The molecular weight excluding hydrogens is 578 g/mol. The number of fused-ring (bicyclic) bond motifs is 1. The van der Waals surface area contributed by atoms with Crippen LogP contribution in [-0.2, 0) is 32.6 Å². The van der Waals surface area contributed by atoms with Gasteiger partial charge in [0.15, 0.2) is 11.5 Å². The Labute approximate surface area is 258 Å². The van der Waals surface area contributed by atoms with Gasteiger partial charge in [-0.15, -0.1) is 0 Å². The van der Waals surface area contributed by atoms with E-state index in [4.69, 9.17) is 9.47 Å². The van der Waals surface area contributed by atoms with E-state index in [-0.39, 0.29) is 29.5 Å². The molecule has 1 atom stereocenters. The van der Waals surface area contributed by atoms with Crippen LogP contribution in [0.5, 0.6) is 11.5 Å². The minimum Gasteiger partial charge on any atom is -0.486 e. The normalized spacial score (nSPS) is 13.0. The van der Waals surface area contributed by atoms with Crippen molar-refractivity contribution in [2.24, 2.45) is 0 Å². The van der Waals surface area contributed by atoms with E-state index in [2.05, 4.69) is 5.32 Å². The number of benzene rings is 4. The number of nitrogens with one attached hydrogen (secondary N) is 1. The summed E-state index contributed by atoms with van der Waals surface area (Å²) in [6.07, 6.45) is 0.251. The van der Waals surface area contributed by atoms with E-state index in [9.17, 15) is 18.0 Å². The summed E-state index contributed by atoms with van der Waals surface area (Å²) >= 11 is 0. The molecule has 4 aromatic carbocycles. The number of anilines is 1. The number of likely N-dealkylation sites (N-methyl/N-ethyl adjacent to an activating group) is 1. The van der Waals surface area contributed by atoms with E-state index < -0.39 is 28.5 Å². The summed E-state index contributed by atoms with van der Waals surface area (Å²) in [4.78, 5) is 29.5. The van der Waals surface area contributed by atoms with Gasteiger partial charge in [0.05, 0.1) is 10.6 Å². The van der Waals surface area contributed by atoms with Crippen molar-refractivity contribution in [1.82, 2.24) is 10.2 Å². The van der Waals surface area contributed by atoms with Crippen LogP contribution in [0.4, 0.5) is 5.69 Å². The van der Waals surface area contributed by atoms with Crippen molar-refractivity contribution in [3.8, 4) is 11.5 Å². The number of nitrogens with zero attached hydrogens (tertiary/aromatic N) is 2. The molecule has 0 saturated carbocycles. The van der Waals surface area contributed by atoms with Crippen molar-refractivity contribution >= 4 is 27.5 Å². The maximum Gasteiger partial charge on any atom is 0.264 e. The lowest BCUT2D eigenvalue weighted by atomic mass is 10.0. The molecule has 228 valence electrons. The second kappa shape index (κ2) is 14.1. The Balaban J connectivity index is 1.57. The molecule has 0 saturated heterocycles. The summed E-state index contributed by atoms with van der Waals surface area (Å²) in [5.41, 5.74) is 1.92. The fourth-order valence-electron chi connectivity index (χ4n) is 5.06. The highest BCUT2D eigenvalue weighted by Gasteiger charge is 2.35. The van der Waals surface area contributed by atoms with Gasteiger partial charge in [-0.2, -0.15) is 0 Å². The Bertz CT molecular complexity index is 1670. The quantitative estimate of drug-likeness (QED) is 0.254. The highest BCUT2D eigenvalue weighted by molar-refractivity contribution is 7.92. The van der Waals surface area contributed by atoms with Crippen LogP contribution in [-0.4, -0.2) is 57.5 Å². The molecule has 10 heteroatoms. The summed E-state index contributed by atoms with van der Waals surface area (Å²) in [5.74, 6) is 0.0287. The second-order valence-electron chi connectivity index (χ2n) is 10.3. The van der Waals surface area contributed by atoms with Gasteiger partial charge in [0.25, 0.3) is 10.0 Å². The average Bonchev–Trinajstić information content (AvgIpc) is 3.06. The first-order valence-corrected chi connectivity index (χ1v) is 15.9. The third-order valence-electron chi connectivity index (χ3n) is 7.24. The summed E-state index contributed by atoms with van der Waals surface area (Å²) in [6, 6.07) is 30.6.